The van der Waals surface area contributed by atoms with Gasteiger partial charge in [-0.1, -0.05) is 0 Å². The smallest absolute Gasteiger partial charge is 0.253 e. The molecule has 1 saturated heterocycles. The number of hydrogen-bond acceptors (Lipinski definition) is 8. The van der Waals surface area contributed by atoms with E-state index in [1.165, 1.54) is 0 Å². The number of anilines is 2. The average Bonchev–Trinajstić information content (AvgIpc) is 3.51. The molecule has 5 rings (SSSR count). The molecule has 0 radical (unpaired) electrons. The van der Waals surface area contributed by atoms with Crippen LogP contribution in [0.5, 0.6) is 0 Å². The van der Waals surface area contributed by atoms with Gasteiger partial charge in [-0.15, -0.1) is 0 Å². The van der Waals surface area contributed by atoms with Gasteiger partial charge in [0.15, 0.2) is 0 Å². The second-order valence-electron chi connectivity index (χ2n) is 9.13. The molecule has 2 fully saturated rings. The normalized spacial score (nSPS) is 23.2. The summed E-state index contributed by atoms with van der Waals surface area (Å²) in [6, 6.07) is 13.4. The molecule has 176 valence electrons. The van der Waals surface area contributed by atoms with Crippen LogP contribution in [0.1, 0.15) is 36.0 Å². The van der Waals surface area contributed by atoms with Crippen molar-refractivity contribution in [3.8, 4) is 23.4 Å². The number of β-amino-alcohol motifs (C(OH)–C–C–N with tert-alkyl or cyclic N) is 1. The lowest BCUT2D eigenvalue weighted by Crippen LogP contribution is -2.46. The summed E-state index contributed by atoms with van der Waals surface area (Å²) in [5.41, 5.74) is 2.33. The number of likely N-dealkylation sites (tertiary alicyclic amines) is 1. The highest BCUT2D eigenvalue weighted by Gasteiger charge is 2.46. The molecule has 3 heterocycles. The van der Waals surface area contributed by atoms with Gasteiger partial charge in [-0.3, -0.25) is 9.48 Å². The van der Waals surface area contributed by atoms with Gasteiger partial charge >= 0.3 is 0 Å². The van der Waals surface area contributed by atoms with E-state index < -0.39 is 11.6 Å². The third kappa shape index (κ3) is 4.44. The maximum atomic E-state index is 12.6. The quantitative estimate of drug-likeness (QED) is 0.562. The Morgan fingerprint density at radius 1 is 1.23 bits per heavy atom. The van der Waals surface area contributed by atoms with Crippen LogP contribution in [0.4, 0.5) is 11.6 Å². The topological polar surface area (TPSA) is 144 Å². The molecule has 0 bridgehead atoms. The van der Waals surface area contributed by atoms with Crippen molar-refractivity contribution < 1.29 is 9.90 Å². The number of hydrogen-bond donors (Lipinski definition) is 2. The molecule has 1 amide bonds. The number of aliphatic hydroxyl groups is 1. The lowest BCUT2D eigenvalue weighted by Gasteiger charge is -2.43. The molecule has 10 heteroatoms. The van der Waals surface area contributed by atoms with Crippen molar-refractivity contribution in [3.63, 3.8) is 0 Å². The van der Waals surface area contributed by atoms with Gasteiger partial charge in [0.05, 0.1) is 48.0 Å². The highest BCUT2D eigenvalue weighted by atomic mass is 16.3. The summed E-state index contributed by atoms with van der Waals surface area (Å²) >= 11 is 0. The fourth-order valence-electron chi connectivity index (χ4n) is 4.74. The number of aliphatic hydroxyl groups excluding tert-OH is 1. The molecule has 1 aliphatic carbocycles. The summed E-state index contributed by atoms with van der Waals surface area (Å²) in [6.45, 7) is 0.931. The van der Waals surface area contributed by atoms with Crippen LogP contribution in [0, 0.1) is 28.6 Å². The van der Waals surface area contributed by atoms with Gasteiger partial charge in [0.25, 0.3) is 5.91 Å². The number of benzene rings is 1. The van der Waals surface area contributed by atoms with Crippen molar-refractivity contribution in [2.24, 2.45) is 5.92 Å². The van der Waals surface area contributed by atoms with Gasteiger partial charge in [0.2, 0.25) is 5.95 Å². The monoisotopic (exact) mass is 468 g/mol. The standard InChI is InChI=1S/C25H24N8O2/c26-8-7-25(11-17(12-25)13-27)33-15-19(14-29-33)22-5-9-28-24(31-22)30-20-3-1-18(2-4-20)23(35)32-10-6-21(34)16-32/h1-5,9,14-15,17,21,34H,6-7,10-12,16H2,(H,28,30,31). The molecule has 2 aliphatic rings. The van der Waals surface area contributed by atoms with Crippen molar-refractivity contribution in [2.45, 2.75) is 37.3 Å². The van der Waals surface area contributed by atoms with Crippen LogP contribution < -0.4 is 5.32 Å². The Bertz CT molecular complexity index is 1310. The zero-order valence-corrected chi connectivity index (χ0v) is 19.0. The van der Waals surface area contributed by atoms with Crippen LogP contribution in [0.3, 0.4) is 0 Å². The number of rotatable bonds is 6. The minimum atomic E-state index is -0.448. The molecule has 1 atom stereocenters. The molecular weight excluding hydrogens is 444 g/mol. The van der Waals surface area contributed by atoms with E-state index in [1.54, 1.807) is 52.3 Å². The Morgan fingerprint density at radius 3 is 2.71 bits per heavy atom. The van der Waals surface area contributed by atoms with Gasteiger partial charge < -0.3 is 15.3 Å². The first-order valence-electron chi connectivity index (χ1n) is 11.5. The minimum Gasteiger partial charge on any atom is -0.391 e. The van der Waals surface area contributed by atoms with E-state index in [-0.39, 0.29) is 11.8 Å². The van der Waals surface area contributed by atoms with Gasteiger partial charge in [-0.2, -0.15) is 15.6 Å². The van der Waals surface area contributed by atoms with E-state index in [0.29, 0.717) is 56.0 Å². The highest BCUT2D eigenvalue weighted by Crippen LogP contribution is 2.46. The van der Waals surface area contributed by atoms with Gasteiger partial charge in [0, 0.05) is 42.3 Å². The predicted molar refractivity (Wildman–Crippen MR) is 126 cm³/mol. The molecule has 2 aromatic heterocycles. The van der Waals surface area contributed by atoms with Crippen molar-refractivity contribution >= 4 is 17.5 Å². The van der Waals surface area contributed by atoms with Crippen LogP contribution in [-0.2, 0) is 5.54 Å². The third-order valence-corrected chi connectivity index (χ3v) is 6.70. The molecule has 1 saturated carbocycles. The summed E-state index contributed by atoms with van der Waals surface area (Å²) < 4.78 is 1.80. The number of nitrogens with zero attached hydrogens (tertiary/aromatic N) is 7. The lowest BCUT2D eigenvalue weighted by atomic mass is 9.67. The zero-order valence-electron chi connectivity index (χ0n) is 19.0. The van der Waals surface area contributed by atoms with E-state index in [9.17, 15) is 15.2 Å². The highest BCUT2D eigenvalue weighted by molar-refractivity contribution is 5.94. The Kier molecular flexibility index (Phi) is 5.89. The summed E-state index contributed by atoms with van der Waals surface area (Å²) in [7, 11) is 0. The molecule has 2 N–H and O–H groups in total. The number of carbonyl (C=O) groups is 1. The Hall–Kier alpha value is -4.28. The van der Waals surface area contributed by atoms with Crippen LogP contribution in [0.15, 0.2) is 48.9 Å². The summed E-state index contributed by atoms with van der Waals surface area (Å²) in [5, 5.41) is 35.7. The number of nitrogens with one attached hydrogen (secondary N) is 1. The first-order chi connectivity index (χ1) is 17.0. The van der Waals surface area contributed by atoms with Crippen LogP contribution in [0.2, 0.25) is 0 Å². The SMILES string of the molecule is N#CCC1(n2cc(-c3ccnc(Nc4ccc(C(=O)N5CCC(O)C5)cc4)n3)cn2)CC(C#N)C1. The maximum Gasteiger partial charge on any atom is 0.253 e. The lowest BCUT2D eigenvalue weighted by molar-refractivity contribution is 0.0765. The van der Waals surface area contributed by atoms with Crippen molar-refractivity contribution in [3.05, 3.63) is 54.5 Å². The summed E-state index contributed by atoms with van der Waals surface area (Å²) in [4.78, 5) is 23.1. The van der Waals surface area contributed by atoms with Crippen molar-refractivity contribution in [1.82, 2.24) is 24.6 Å². The molecule has 0 spiro atoms. The largest absolute Gasteiger partial charge is 0.391 e. The van der Waals surface area contributed by atoms with E-state index >= 15 is 0 Å². The van der Waals surface area contributed by atoms with E-state index in [2.05, 4.69) is 32.5 Å². The van der Waals surface area contributed by atoms with Crippen LogP contribution in [-0.4, -0.2) is 54.9 Å². The van der Waals surface area contributed by atoms with E-state index in [4.69, 9.17) is 5.26 Å². The van der Waals surface area contributed by atoms with Gasteiger partial charge in [0.1, 0.15) is 0 Å². The number of nitriles is 2. The first kappa shape index (κ1) is 22.5. The number of aromatic nitrogens is 4. The molecule has 1 aliphatic heterocycles. The number of amides is 1. The second-order valence-corrected chi connectivity index (χ2v) is 9.13. The van der Waals surface area contributed by atoms with Crippen molar-refractivity contribution in [1.29, 1.82) is 10.5 Å². The van der Waals surface area contributed by atoms with Crippen molar-refractivity contribution in [2.75, 3.05) is 18.4 Å². The molecule has 3 aromatic rings. The molecule has 35 heavy (non-hydrogen) atoms. The second kappa shape index (κ2) is 9.16. The fraction of sp³-hybridized carbons (Fsp3) is 0.360. The first-order valence-corrected chi connectivity index (χ1v) is 11.5. The maximum absolute atomic E-state index is 12.6. The molecule has 1 aromatic carbocycles. The van der Waals surface area contributed by atoms with Gasteiger partial charge in [-0.25, -0.2) is 9.97 Å². The molecule has 10 nitrogen and oxygen atoms in total. The third-order valence-electron chi connectivity index (χ3n) is 6.70. The average molecular weight is 469 g/mol. The predicted octanol–water partition coefficient (Wildman–Crippen LogP) is 2.83. The van der Waals surface area contributed by atoms with E-state index in [0.717, 1.165) is 11.3 Å². The summed E-state index contributed by atoms with van der Waals surface area (Å²) in [5.74, 6) is 0.261. The van der Waals surface area contributed by atoms with Crippen LogP contribution >= 0.6 is 0 Å². The molecular formula is C25H24N8O2. The van der Waals surface area contributed by atoms with Crippen LogP contribution in [0.25, 0.3) is 11.3 Å². The van der Waals surface area contributed by atoms with E-state index in [1.807, 2.05) is 6.20 Å². The summed E-state index contributed by atoms with van der Waals surface area (Å²) in [6.07, 6.45) is 6.93. The molecule has 1 unspecified atom stereocenters. The Morgan fingerprint density at radius 2 is 2.03 bits per heavy atom. The van der Waals surface area contributed by atoms with Gasteiger partial charge in [-0.05, 0) is 49.6 Å². The Balaban J connectivity index is 1.28. The number of carbonyl (C=O) groups excluding carboxylic acids is 1. The zero-order chi connectivity index (χ0) is 24.4. The minimum absolute atomic E-state index is 0.0468. The Labute approximate surface area is 202 Å². The fourth-order valence-corrected chi connectivity index (χ4v) is 4.74.